The molecule has 0 aliphatic heterocycles. The second-order valence-electron chi connectivity index (χ2n) is 15.1. The van der Waals surface area contributed by atoms with Crippen LogP contribution in [0.4, 0.5) is 0 Å². The van der Waals surface area contributed by atoms with Crippen molar-refractivity contribution < 1.29 is 0 Å². The zero-order valence-electron chi connectivity index (χ0n) is 27.3. The highest BCUT2D eigenvalue weighted by Crippen LogP contribution is 2.63. The maximum absolute atomic E-state index is 2.55. The van der Waals surface area contributed by atoms with Gasteiger partial charge in [0.15, 0.2) is 0 Å². The second kappa shape index (κ2) is 10.2. The lowest BCUT2D eigenvalue weighted by Gasteiger charge is -2.46. The number of fused-ring (bicyclic) bond motifs is 4. The molecule has 0 bridgehead atoms. The quantitative estimate of drug-likeness (QED) is 0.201. The van der Waals surface area contributed by atoms with Gasteiger partial charge in [0, 0.05) is 17.3 Å². The molecular weight excluding hydrogens is 528 g/mol. The third kappa shape index (κ3) is 4.34. The maximum Gasteiger partial charge on any atom is 0.0415 e. The van der Waals surface area contributed by atoms with E-state index in [-0.39, 0.29) is 28.1 Å². The molecule has 1 atom stereocenters. The third-order valence-corrected chi connectivity index (χ3v) is 10.3. The number of benzene rings is 5. The number of hydrogen-bond donors (Lipinski definition) is 0. The molecule has 5 aromatic carbocycles. The summed E-state index contributed by atoms with van der Waals surface area (Å²) >= 11 is 0. The molecule has 5 aromatic rings. The maximum atomic E-state index is 2.55. The Balaban J connectivity index is 1.65. The highest BCUT2D eigenvalue weighted by molar-refractivity contribution is 5.83. The van der Waals surface area contributed by atoms with Crippen LogP contribution in [0.25, 0.3) is 17.2 Å². The van der Waals surface area contributed by atoms with E-state index in [4.69, 9.17) is 0 Å². The first kappa shape index (κ1) is 28.6. The summed E-state index contributed by atoms with van der Waals surface area (Å²) < 4.78 is 0. The highest BCUT2D eigenvalue weighted by atomic mass is 14.5. The molecule has 44 heavy (non-hydrogen) atoms. The van der Waals surface area contributed by atoms with Crippen molar-refractivity contribution >= 4 is 6.08 Å². The fraction of sp³-hybridized carbons (Fsp3) is 0.273. The normalized spacial score (nSPS) is 16.1. The summed E-state index contributed by atoms with van der Waals surface area (Å²) in [6, 6.07) is 44.3. The van der Waals surface area contributed by atoms with Gasteiger partial charge in [-0.1, -0.05) is 169 Å². The molecule has 0 saturated carbocycles. The number of aryl methyl sites for hydroxylation is 1. The standard InChI is InChI=1S/C44H44/c1-29-15-14-20-37-34(29)25-26-40(37)44(30-16-10-8-11-17-30,31-18-12-9-13-19-31)41-38-27-32(42(2,3)4)21-23-35(38)36-24-22-33(28-39(36)41)43(5,6)7/h8-28,40-41H,1-7H3. The third-order valence-electron chi connectivity index (χ3n) is 10.3. The Morgan fingerprint density at radius 1 is 0.477 bits per heavy atom. The molecule has 0 nitrogen and oxygen atoms in total. The molecule has 0 fully saturated rings. The topological polar surface area (TPSA) is 0 Å². The fourth-order valence-electron chi connectivity index (χ4n) is 8.05. The van der Waals surface area contributed by atoms with Crippen LogP contribution in [-0.4, -0.2) is 0 Å². The first-order valence-electron chi connectivity index (χ1n) is 16.2. The largest absolute Gasteiger partial charge is 0.0751 e. The molecule has 0 aromatic heterocycles. The van der Waals surface area contributed by atoms with Crippen molar-refractivity contribution in [2.24, 2.45) is 0 Å². The molecule has 2 aliphatic rings. The highest BCUT2D eigenvalue weighted by Gasteiger charge is 2.53. The van der Waals surface area contributed by atoms with Crippen molar-refractivity contribution in [1.82, 2.24) is 0 Å². The van der Waals surface area contributed by atoms with E-state index in [1.807, 2.05) is 0 Å². The van der Waals surface area contributed by atoms with Gasteiger partial charge in [0.2, 0.25) is 0 Å². The van der Waals surface area contributed by atoms with Gasteiger partial charge in [-0.25, -0.2) is 0 Å². The van der Waals surface area contributed by atoms with Gasteiger partial charge in [-0.2, -0.15) is 0 Å². The van der Waals surface area contributed by atoms with Crippen LogP contribution < -0.4 is 0 Å². The molecule has 0 radical (unpaired) electrons. The molecule has 0 saturated heterocycles. The van der Waals surface area contributed by atoms with Crippen molar-refractivity contribution in [2.45, 2.75) is 76.5 Å². The minimum atomic E-state index is -0.384. The summed E-state index contributed by atoms with van der Waals surface area (Å²) in [4.78, 5) is 0. The summed E-state index contributed by atoms with van der Waals surface area (Å²) in [6.45, 7) is 16.3. The number of hydrogen-bond acceptors (Lipinski definition) is 0. The SMILES string of the molecule is Cc1cccc2c1C=CC2C(c1ccccc1)(c1ccccc1)C1c2cc(C(C)(C)C)ccc2-c2ccc(C(C)(C)C)cc21. The van der Waals surface area contributed by atoms with Gasteiger partial charge in [0.05, 0.1) is 0 Å². The van der Waals surface area contributed by atoms with Crippen LogP contribution in [0.3, 0.4) is 0 Å². The lowest BCUT2D eigenvalue weighted by Crippen LogP contribution is -2.40. The van der Waals surface area contributed by atoms with Gasteiger partial charge in [0.25, 0.3) is 0 Å². The predicted octanol–water partition coefficient (Wildman–Crippen LogP) is 11.5. The Bertz CT molecular complexity index is 1770. The van der Waals surface area contributed by atoms with Crippen LogP contribution in [0.1, 0.15) is 103 Å². The molecule has 1 unspecified atom stereocenters. The van der Waals surface area contributed by atoms with E-state index in [9.17, 15) is 0 Å². The molecule has 0 heteroatoms. The summed E-state index contributed by atoms with van der Waals surface area (Å²) in [7, 11) is 0. The zero-order chi connectivity index (χ0) is 30.9. The Labute approximate surface area is 264 Å². The van der Waals surface area contributed by atoms with Gasteiger partial charge in [-0.05, 0) is 79.0 Å². The van der Waals surface area contributed by atoms with Crippen molar-refractivity contribution in [3.05, 3.63) is 171 Å². The van der Waals surface area contributed by atoms with E-state index in [1.165, 1.54) is 61.2 Å². The van der Waals surface area contributed by atoms with Gasteiger partial charge in [-0.15, -0.1) is 0 Å². The van der Waals surface area contributed by atoms with E-state index in [1.54, 1.807) is 0 Å². The summed E-state index contributed by atoms with van der Waals surface area (Å²) in [5.41, 5.74) is 15.0. The minimum absolute atomic E-state index is 0.0457. The molecule has 0 spiro atoms. The summed E-state index contributed by atoms with van der Waals surface area (Å²) in [6.07, 6.45) is 4.90. The Hall–Kier alpha value is -4.16. The lowest BCUT2D eigenvalue weighted by atomic mass is 9.55. The average molecular weight is 573 g/mol. The van der Waals surface area contributed by atoms with E-state index < -0.39 is 0 Å². The Morgan fingerprint density at radius 3 is 1.45 bits per heavy atom. The molecule has 2 aliphatic carbocycles. The minimum Gasteiger partial charge on any atom is -0.0751 e. The zero-order valence-corrected chi connectivity index (χ0v) is 27.3. The molecule has 0 amide bonds. The summed E-state index contributed by atoms with van der Waals surface area (Å²) in [5.74, 6) is 0.269. The van der Waals surface area contributed by atoms with Gasteiger partial charge < -0.3 is 0 Å². The Kier molecular flexibility index (Phi) is 6.63. The number of allylic oxidation sites excluding steroid dienone is 1. The van der Waals surface area contributed by atoms with Crippen LogP contribution in [0.2, 0.25) is 0 Å². The van der Waals surface area contributed by atoms with Crippen molar-refractivity contribution in [1.29, 1.82) is 0 Å². The van der Waals surface area contributed by atoms with E-state index >= 15 is 0 Å². The number of rotatable bonds is 4. The first-order valence-corrected chi connectivity index (χ1v) is 16.2. The molecule has 220 valence electrons. The molecular formula is C44H44. The van der Waals surface area contributed by atoms with E-state index in [0.717, 1.165) is 0 Å². The summed E-state index contributed by atoms with van der Waals surface area (Å²) in [5, 5.41) is 0. The van der Waals surface area contributed by atoms with Gasteiger partial charge >= 0.3 is 0 Å². The van der Waals surface area contributed by atoms with Crippen LogP contribution >= 0.6 is 0 Å². The first-order chi connectivity index (χ1) is 21.0. The van der Waals surface area contributed by atoms with Gasteiger partial charge in [-0.3, -0.25) is 0 Å². The van der Waals surface area contributed by atoms with Crippen LogP contribution in [0, 0.1) is 6.92 Å². The molecule has 0 N–H and O–H groups in total. The van der Waals surface area contributed by atoms with Gasteiger partial charge in [0.1, 0.15) is 0 Å². The average Bonchev–Trinajstić information content (AvgIpc) is 3.59. The molecule has 0 heterocycles. The van der Waals surface area contributed by atoms with Crippen LogP contribution in [0.15, 0.2) is 121 Å². The fourth-order valence-corrected chi connectivity index (χ4v) is 8.05. The van der Waals surface area contributed by atoms with Crippen molar-refractivity contribution in [3.8, 4) is 11.1 Å². The predicted molar refractivity (Wildman–Crippen MR) is 188 cm³/mol. The second-order valence-corrected chi connectivity index (χ2v) is 15.1. The molecule has 7 rings (SSSR count). The monoisotopic (exact) mass is 572 g/mol. The van der Waals surface area contributed by atoms with E-state index in [2.05, 4.69) is 176 Å². The van der Waals surface area contributed by atoms with Crippen molar-refractivity contribution in [3.63, 3.8) is 0 Å². The van der Waals surface area contributed by atoms with Crippen molar-refractivity contribution in [2.75, 3.05) is 0 Å². The van der Waals surface area contributed by atoms with Crippen LogP contribution in [-0.2, 0) is 16.2 Å². The lowest BCUT2D eigenvalue weighted by molar-refractivity contribution is 0.415. The smallest absolute Gasteiger partial charge is 0.0415 e. The van der Waals surface area contributed by atoms with Crippen LogP contribution in [0.5, 0.6) is 0 Å². The van der Waals surface area contributed by atoms with E-state index in [0.29, 0.717) is 0 Å². The Morgan fingerprint density at radius 2 is 0.977 bits per heavy atom.